The molecule has 9 heteroatoms. The smallest absolute Gasteiger partial charge is 0.271 e. The molecule has 1 aromatic carbocycles. The van der Waals surface area contributed by atoms with Crippen LogP contribution < -0.4 is 11.3 Å². The third-order valence-corrected chi connectivity index (χ3v) is 4.66. The second kappa shape index (κ2) is 7.08. The second-order valence-corrected chi connectivity index (χ2v) is 7.84. The van der Waals surface area contributed by atoms with Crippen LogP contribution >= 0.6 is 15.9 Å². The number of nitrogens with two attached hydrogens (primary N) is 1. The normalized spacial score (nSPS) is 14.2. The summed E-state index contributed by atoms with van der Waals surface area (Å²) in [7, 11) is -3.11. The molecule has 1 aromatic rings. The maximum Gasteiger partial charge on any atom is 0.416 e. The van der Waals surface area contributed by atoms with Gasteiger partial charge in [-0.25, -0.2) is 8.42 Å². The van der Waals surface area contributed by atoms with E-state index in [1.165, 1.54) is 6.07 Å². The lowest BCUT2D eigenvalue weighted by Crippen LogP contribution is -2.29. The Hall–Kier alpha value is -0.640. The average molecular weight is 389 g/mol. The van der Waals surface area contributed by atoms with Gasteiger partial charge in [0.05, 0.1) is 5.56 Å². The van der Waals surface area contributed by atoms with Gasteiger partial charge in [-0.15, -0.1) is 0 Å². The summed E-state index contributed by atoms with van der Waals surface area (Å²) in [5, 5.41) is 0. The van der Waals surface area contributed by atoms with Crippen LogP contribution in [0.3, 0.4) is 0 Å². The van der Waals surface area contributed by atoms with E-state index in [1.54, 1.807) is 0 Å². The van der Waals surface area contributed by atoms with Crippen molar-refractivity contribution in [1.82, 2.24) is 5.43 Å². The molecule has 0 spiro atoms. The van der Waals surface area contributed by atoms with Crippen LogP contribution in [0.2, 0.25) is 0 Å². The summed E-state index contributed by atoms with van der Waals surface area (Å²) in [4.78, 5) is 0. The molecule has 0 aliphatic rings. The van der Waals surface area contributed by atoms with Crippen molar-refractivity contribution in [3.63, 3.8) is 0 Å². The lowest BCUT2D eigenvalue weighted by molar-refractivity contribution is -0.137. The van der Waals surface area contributed by atoms with Crippen molar-refractivity contribution in [2.45, 2.75) is 25.1 Å². The van der Waals surface area contributed by atoms with Gasteiger partial charge in [0.15, 0.2) is 0 Å². The van der Waals surface area contributed by atoms with Crippen molar-refractivity contribution >= 4 is 25.8 Å². The van der Waals surface area contributed by atoms with E-state index in [-0.39, 0.29) is 5.75 Å². The number of halogens is 4. The number of sulfone groups is 1. The van der Waals surface area contributed by atoms with Crippen LogP contribution in [-0.2, 0) is 16.0 Å². The largest absolute Gasteiger partial charge is 0.416 e. The highest BCUT2D eigenvalue weighted by atomic mass is 79.9. The van der Waals surface area contributed by atoms with Gasteiger partial charge in [-0.3, -0.25) is 11.3 Å². The fourth-order valence-corrected chi connectivity index (χ4v) is 3.08. The van der Waals surface area contributed by atoms with Crippen LogP contribution in [0.5, 0.6) is 0 Å². The third-order valence-electron chi connectivity index (χ3n) is 2.91. The Morgan fingerprint density at radius 1 is 1.38 bits per heavy atom. The highest BCUT2D eigenvalue weighted by Crippen LogP contribution is 2.34. The predicted octanol–water partition coefficient (Wildman–Crippen LogP) is 2.80. The summed E-state index contributed by atoms with van der Waals surface area (Å²) in [6, 6.07) is 2.72. The first-order valence-corrected chi connectivity index (χ1v) is 8.90. The first-order chi connectivity index (χ1) is 9.54. The molecule has 0 aliphatic heterocycles. The van der Waals surface area contributed by atoms with Gasteiger partial charge in [0.2, 0.25) is 0 Å². The first-order valence-electron chi connectivity index (χ1n) is 6.05. The Morgan fingerprint density at radius 3 is 2.48 bits per heavy atom. The molecule has 0 radical (unpaired) electrons. The summed E-state index contributed by atoms with van der Waals surface area (Å²) >= 11 is 3.19. The number of benzene rings is 1. The van der Waals surface area contributed by atoms with E-state index in [1.807, 2.05) is 0 Å². The fourth-order valence-electron chi connectivity index (χ4n) is 1.87. The topological polar surface area (TPSA) is 72.2 Å². The minimum Gasteiger partial charge on any atom is -0.271 e. The van der Waals surface area contributed by atoms with E-state index in [9.17, 15) is 21.6 Å². The average Bonchev–Trinajstić information content (AvgIpc) is 2.33. The molecule has 1 atom stereocenters. The molecular formula is C12H16BrF3N2O2S. The number of hydrazine groups is 1. The van der Waals surface area contributed by atoms with E-state index < -0.39 is 27.6 Å². The van der Waals surface area contributed by atoms with Gasteiger partial charge >= 0.3 is 6.18 Å². The molecule has 0 aliphatic carbocycles. The molecule has 4 nitrogen and oxygen atoms in total. The molecule has 0 bridgehead atoms. The zero-order chi connectivity index (χ0) is 16.3. The van der Waals surface area contributed by atoms with Crippen LogP contribution in [0, 0.1) is 0 Å². The monoisotopic (exact) mass is 388 g/mol. The van der Waals surface area contributed by atoms with Crippen molar-refractivity contribution in [2.24, 2.45) is 5.84 Å². The molecule has 0 saturated carbocycles. The van der Waals surface area contributed by atoms with Gasteiger partial charge in [0.25, 0.3) is 0 Å². The number of hydrogen-bond acceptors (Lipinski definition) is 4. The minimum atomic E-state index is -4.44. The van der Waals surface area contributed by atoms with E-state index >= 15 is 0 Å². The maximum atomic E-state index is 12.7. The molecule has 3 N–H and O–H groups in total. The van der Waals surface area contributed by atoms with Crippen LogP contribution in [0.4, 0.5) is 13.2 Å². The molecule has 21 heavy (non-hydrogen) atoms. The van der Waals surface area contributed by atoms with Crippen LogP contribution in [0.25, 0.3) is 0 Å². The highest BCUT2D eigenvalue weighted by molar-refractivity contribution is 9.10. The summed E-state index contributed by atoms with van der Waals surface area (Å²) in [6.45, 7) is 0. The Bertz CT molecular complexity index is 591. The summed E-state index contributed by atoms with van der Waals surface area (Å²) in [6.07, 6.45) is -2.72. The molecule has 0 heterocycles. The van der Waals surface area contributed by atoms with Gasteiger partial charge < -0.3 is 0 Å². The highest BCUT2D eigenvalue weighted by Gasteiger charge is 2.31. The fraction of sp³-hybridized carbons (Fsp3) is 0.500. The van der Waals surface area contributed by atoms with E-state index in [0.29, 0.717) is 22.9 Å². The molecule has 0 saturated heterocycles. The van der Waals surface area contributed by atoms with Crippen molar-refractivity contribution in [2.75, 3.05) is 12.0 Å². The van der Waals surface area contributed by atoms with Crippen LogP contribution in [0.1, 0.15) is 30.0 Å². The van der Waals surface area contributed by atoms with Crippen molar-refractivity contribution < 1.29 is 21.6 Å². The maximum absolute atomic E-state index is 12.7. The predicted molar refractivity (Wildman–Crippen MR) is 78.2 cm³/mol. The zero-order valence-electron chi connectivity index (χ0n) is 11.2. The zero-order valence-corrected chi connectivity index (χ0v) is 13.6. The Labute approximate surface area is 129 Å². The van der Waals surface area contributed by atoms with E-state index in [4.69, 9.17) is 5.84 Å². The number of nitrogens with one attached hydrogen (secondary N) is 1. The van der Waals surface area contributed by atoms with Crippen molar-refractivity contribution in [3.8, 4) is 0 Å². The number of hydrogen-bond donors (Lipinski definition) is 2. The van der Waals surface area contributed by atoms with E-state index in [2.05, 4.69) is 21.4 Å². The van der Waals surface area contributed by atoms with Gasteiger partial charge in [-0.2, -0.15) is 13.2 Å². The van der Waals surface area contributed by atoms with Crippen LogP contribution in [-0.4, -0.2) is 20.4 Å². The van der Waals surface area contributed by atoms with E-state index in [0.717, 1.165) is 18.4 Å². The SMILES string of the molecule is CS(=O)(=O)CCCC(NN)c1cc(C(F)(F)F)ccc1Br. The molecule has 1 unspecified atom stereocenters. The lowest BCUT2D eigenvalue weighted by atomic mass is 10.0. The molecular weight excluding hydrogens is 373 g/mol. The number of rotatable bonds is 6. The summed E-state index contributed by atoms with van der Waals surface area (Å²) < 4.78 is 60.8. The summed E-state index contributed by atoms with van der Waals surface area (Å²) in [5.41, 5.74) is 2.01. The first kappa shape index (κ1) is 18.4. The standard InChI is InChI=1S/C12H16BrF3N2O2S/c1-21(19,20)6-2-3-11(18-17)9-7-8(12(14,15)16)4-5-10(9)13/h4-5,7,11,18H,2-3,6,17H2,1H3. The lowest BCUT2D eigenvalue weighted by Gasteiger charge is -2.19. The van der Waals surface area contributed by atoms with Gasteiger partial charge in [0.1, 0.15) is 9.84 Å². The summed E-state index contributed by atoms with van der Waals surface area (Å²) in [5.74, 6) is 5.34. The minimum absolute atomic E-state index is 0.0399. The second-order valence-electron chi connectivity index (χ2n) is 4.73. The molecule has 0 amide bonds. The molecule has 0 aromatic heterocycles. The molecule has 120 valence electrons. The van der Waals surface area contributed by atoms with Crippen molar-refractivity contribution in [3.05, 3.63) is 33.8 Å². The Kier molecular flexibility index (Phi) is 6.21. The van der Waals surface area contributed by atoms with Gasteiger partial charge in [0, 0.05) is 22.5 Å². The van der Waals surface area contributed by atoms with Gasteiger partial charge in [-0.1, -0.05) is 15.9 Å². The third kappa shape index (κ3) is 5.93. The van der Waals surface area contributed by atoms with Crippen LogP contribution in [0.15, 0.2) is 22.7 Å². The Morgan fingerprint density at radius 2 is 2.00 bits per heavy atom. The number of alkyl halides is 3. The molecule has 0 fully saturated rings. The Balaban J connectivity index is 2.94. The quantitative estimate of drug-likeness (QED) is 0.580. The molecule has 1 rings (SSSR count). The van der Waals surface area contributed by atoms with Crippen molar-refractivity contribution in [1.29, 1.82) is 0 Å². The van der Waals surface area contributed by atoms with Gasteiger partial charge in [-0.05, 0) is 36.6 Å².